The molecule has 1 atom stereocenters. The maximum atomic E-state index is 14.5. The van der Waals surface area contributed by atoms with Crippen molar-refractivity contribution >= 4 is 26.0 Å². The van der Waals surface area contributed by atoms with E-state index >= 15 is 0 Å². The molecule has 2 aromatic carbocycles. The van der Waals surface area contributed by atoms with E-state index in [0.29, 0.717) is 5.92 Å². The van der Waals surface area contributed by atoms with E-state index in [1.54, 1.807) is 0 Å². The molecule has 0 heterocycles. The molecule has 0 aromatic heterocycles. The van der Waals surface area contributed by atoms with Crippen LogP contribution < -0.4 is 15.7 Å². The molecule has 154 valence electrons. The molecule has 0 amide bonds. The minimum absolute atomic E-state index is 0.158. The zero-order valence-electron chi connectivity index (χ0n) is 18.0. The van der Waals surface area contributed by atoms with Gasteiger partial charge in [0.1, 0.15) is 8.07 Å². The minimum Gasteiger partial charge on any atom is -0.297 e. The van der Waals surface area contributed by atoms with Crippen LogP contribution in [0.4, 0.5) is 0 Å². The second-order valence-corrected chi connectivity index (χ2v) is 16.4. The summed E-state index contributed by atoms with van der Waals surface area (Å²) in [5.41, 5.74) is 3.52. The summed E-state index contributed by atoms with van der Waals surface area (Å²) in [6.07, 6.45) is 7.04. The summed E-state index contributed by atoms with van der Waals surface area (Å²) in [7, 11) is -4.35. The Hall–Kier alpha value is -1.59. The van der Waals surface area contributed by atoms with Gasteiger partial charge in [0.2, 0.25) is 7.29 Å². The van der Waals surface area contributed by atoms with E-state index in [-0.39, 0.29) is 6.04 Å². The monoisotopic (exact) mass is 423 g/mol. The lowest BCUT2D eigenvalue weighted by Crippen LogP contribution is -2.40. The molecule has 1 aliphatic carbocycles. The first-order valence-corrected chi connectivity index (χ1v) is 16.1. The number of rotatable bonds is 6. The van der Waals surface area contributed by atoms with Gasteiger partial charge in [0, 0.05) is 23.1 Å². The van der Waals surface area contributed by atoms with Gasteiger partial charge in [0.15, 0.2) is 0 Å². The molecule has 0 unspecified atom stereocenters. The Morgan fingerprint density at radius 3 is 1.93 bits per heavy atom. The third kappa shape index (κ3) is 6.19. The van der Waals surface area contributed by atoms with Crippen LogP contribution in [0.3, 0.4) is 0 Å². The van der Waals surface area contributed by atoms with Crippen LogP contribution in [0.2, 0.25) is 19.6 Å². The fraction of sp³-hybridized carbons (Fsp3) is 0.440. The van der Waals surface area contributed by atoms with Crippen molar-refractivity contribution in [1.82, 2.24) is 5.09 Å². The molecule has 29 heavy (non-hydrogen) atoms. The molecule has 0 radical (unpaired) electrons. The fourth-order valence-corrected chi connectivity index (χ4v) is 7.27. The standard InChI is InChI=1S/C25H34NOPSi/c1-29(2,3)21-13-20-25(22-14-7-4-8-15-22)26-28(27,23-16-9-5-10-17-23)24-18-11-6-12-19-24/h5-6,9-12,16-19,22,25H,4,7-8,14-15,20H2,1-3H3,(H,26,27)/t25-/m0/s1. The Kier molecular flexibility index (Phi) is 7.58. The third-order valence-corrected chi connectivity index (χ3v) is 9.26. The van der Waals surface area contributed by atoms with Crippen LogP contribution in [-0.2, 0) is 4.57 Å². The second kappa shape index (κ2) is 9.94. The Bertz CT molecular complexity index is 830. The van der Waals surface area contributed by atoms with Crippen LogP contribution in [-0.4, -0.2) is 14.1 Å². The molecule has 0 spiro atoms. The molecule has 1 saturated carbocycles. The topological polar surface area (TPSA) is 29.1 Å². The quantitative estimate of drug-likeness (QED) is 0.365. The first kappa shape index (κ1) is 22.1. The van der Waals surface area contributed by atoms with Crippen molar-refractivity contribution in [2.75, 3.05) is 0 Å². The molecule has 0 aliphatic heterocycles. The van der Waals surface area contributed by atoms with Crippen LogP contribution in [0.1, 0.15) is 38.5 Å². The third-order valence-electron chi connectivity index (χ3n) is 5.59. The number of hydrogen-bond donors (Lipinski definition) is 1. The molecular formula is C25H34NOPSi. The molecular weight excluding hydrogens is 389 g/mol. The van der Waals surface area contributed by atoms with Crippen molar-refractivity contribution in [1.29, 1.82) is 0 Å². The molecule has 2 nitrogen and oxygen atoms in total. The first-order chi connectivity index (χ1) is 13.9. The van der Waals surface area contributed by atoms with Gasteiger partial charge in [0.25, 0.3) is 0 Å². The zero-order valence-corrected chi connectivity index (χ0v) is 19.9. The maximum absolute atomic E-state index is 14.5. The fourth-order valence-electron chi connectivity index (χ4n) is 4.09. The molecule has 2 aromatic rings. The van der Waals surface area contributed by atoms with E-state index in [9.17, 15) is 4.57 Å². The van der Waals surface area contributed by atoms with Gasteiger partial charge in [-0.2, -0.15) is 0 Å². The highest BCUT2D eigenvalue weighted by Gasteiger charge is 2.33. The first-order valence-electron chi connectivity index (χ1n) is 10.9. The molecule has 1 N–H and O–H groups in total. The Morgan fingerprint density at radius 2 is 1.45 bits per heavy atom. The zero-order chi connectivity index (χ0) is 20.7. The summed E-state index contributed by atoms with van der Waals surface area (Å²) in [6, 6.07) is 20.0. The van der Waals surface area contributed by atoms with Crippen molar-refractivity contribution in [3.05, 3.63) is 60.7 Å². The van der Waals surface area contributed by atoms with Gasteiger partial charge in [0.05, 0.1) is 0 Å². The van der Waals surface area contributed by atoms with Gasteiger partial charge in [-0.15, -0.1) is 11.5 Å². The number of benzene rings is 2. The van der Waals surface area contributed by atoms with Gasteiger partial charge in [-0.25, -0.2) is 0 Å². The van der Waals surface area contributed by atoms with Crippen molar-refractivity contribution in [3.8, 4) is 11.5 Å². The second-order valence-electron chi connectivity index (χ2n) is 9.17. The molecule has 3 rings (SSSR count). The summed E-state index contributed by atoms with van der Waals surface area (Å²) in [6.45, 7) is 6.84. The van der Waals surface area contributed by atoms with E-state index in [1.807, 2.05) is 60.7 Å². The average Bonchev–Trinajstić information content (AvgIpc) is 2.74. The van der Waals surface area contributed by atoms with Gasteiger partial charge in [-0.05, 0) is 43.0 Å². The Labute approximate surface area is 178 Å². The minimum atomic E-state index is -2.93. The highest BCUT2D eigenvalue weighted by atomic mass is 31.2. The van der Waals surface area contributed by atoms with Crippen LogP contribution in [0.15, 0.2) is 60.7 Å². The van der Waals surface area contributed by atoms with Gasteiger partial charge >= 0.3 is 0 Å². The maximum Gasteiger partial charge on any atom is 0.204 e. The highest BCUT2D eigenvalue weighted by Crippen LogP contribution is 2.42. The van der Waals surface area contributed by atoms with E-state index in [0.717, 1.165) is 17.0 Å². The van der Waals surface area contributed by atoms with Crippen LogP contribution in [0.5, 0.6) is 0 Å². The van der Waals surface area contributed by atoms with E-state index < -0.39 is 15.4 Å². The lowest BCUT2D eigenvalue weighted by Gasteiger charge is -2.33. The number of nitrogens with one attached hydrogen (secondary N) is 1. The van der Waals surface area contributed by atoms with Crippen molar-refractivity contribution in [3.63, 3.8) is 0 Å². The van der Waals surface area contributed by atoms with Crippen molar-refractivity contribution in [2.24, 2.45) is 5.92 Å². The van der Waals surface area contributed by atoms with Crippen molar-refractivity contribution < 1.29 is 4.57 Å². The molecule has 0 bridgehead atoms. The largest absolute Gasteiger partial charge is 0.297 e. The van der Waals surface area contributed by atoms with Gasteiger partial charge < -0.3 is 0 Å². The average molecular weight is 424 g/mol. The number of hydrogen-bond acceptors (Lipinski definition) is 1. The molecule has 1 aliphatic rings. The molecule has 1 fully saturated rings. The van der Waals surface area contributed by atoms with Gasteiger partial charge in [-0.3, -0.25) is 9.65 Å². The van der Waals surface area contributed by atoms with E-state index in [2.05, 4.69) is 36.2 Å². The highest BCUT2D eigenvalue weighted by molar-refractivity contribution is 7.76. The SMILES string of the molecule is C[Si](C)(C)C#CC[C@H](NP(=O)(c1ccccc1)c1ccccc1)C1CCCCC1. The van der Waals surface area contributed by atoms with Crippen LogP contribution in [0.25, 0.3) is 0 Å². The van der Waals surface area contributed by atoms with E-state index in [1.165, 1.54) is 32.1 Å². The van der Waals surface area contributed by atoms with Crippen molar-refractivity contribution in [2.45, 2.75) is 64.2 Å². The molecule has 0 saturated heterocycles. The molecule has 4 heteroatoms. The van der Waals surface area contributed by atoms with E-state index in [4.69, 9.17) is 0 Å². The summed E-state index contributed by atoms with van der Waals surface area (Å²) >= 11 is 0. The summed E-state index contributed by atoms with van der Waals surface area (Å²) in [5.74, 6) is 4.02. The summed E-state index contributed by atoms with van der Waals surface area (Å²) in [4.78, 5) is 0. The Balaban J connectivity index is 1.96. The smallest absolute Gasteiger partial charge is 0.204 e. The predicted octanol–water partition coefficient (Wildman–Crippen LogP) is 5.72. The lowest BCUT2D eigenvalue weighted by atomic mass is 9.83. The lowest BCUT2D eigenvalue weighted by molar-refractivity contribution is 0.293. The van der Waals surface area contributed by atoms with Gasteiger partial charge in [-0.1, -0.05) is 75.3 Å². The summed E-state index contributed by atoms with van der Waals surface area (Å²) in [5, 5.41) is 5.45. The van der Waals surface area contributed by atoms with Crippen LogP contribution in [0, 0.1) is 17.4 Å². The predicted molar refractivity (Wildman–Crippen MR) is 129 cm³/mol. The Morgan fingerprint density at radius 1 is 0.931 bits per heavy atom. The normalized spacial score (nSPS) is 16.7. The van der Waals surface area contributed by atoms with Crippen LogP contribution >= 0.6 is 7.29 Å². The summed E-state index contributed by atoms with van der Waals surface area (Å²) < 4.78 is 14.5.